The van der Waals surface area contributed by atoms with E-state index in [1.54, 1.807) is 0 Å². The van der Waals surface area contributed by atoms with E-state index in [0.29, 0.717) is 37.5 Å². The molecule has 30 heavy (non-hydrogen) atoms. The van der Waals surface area contributed by atoms with Gasteiger partial charge in [-0.3, -0.25) is 4.79 Å². The number of halogens is 1. The summed E-state index contributed by atoms with van der Waals surface area (Å²) < 4.78 is 46.3. The Morgan fingerprint density at radius 2 is 2.07 bits per heavy atom. The molecule has 1 saturated heterocycles. The Hall–Kier alpha value is -2.33. The molecule has 0 bridgehead atoms. The van der Waals surface area contributed by atoms with Crippen molar-refractivity contribution in [3.8, 4) is 0 Å². The maximum atomic E-state index is 13.6. The highest BCUT2D eigenvalue weighted by Gasteiger charge is 2.27. The number of nitrogens with one attached hydrogen (secondary N) is 1. The fourth-order valence-electron chi connectivity index (χ4n) is 3.38. The van der Waals surface area contributed by atoms with Gasteiger partial charge in [-0.2, -0.15) is 9.29 Å². The molecule has 1 unspecified atom stereocenters. The number of rotatable bonds is 4. The van der Waals surface area contributed by atoms with Crippen LogP contribution in [0.4, 0.5) is 4.39 Å². The summed E-state index contributed by atoms with van der Waals surface area (Å²) in [6.45, 7) is 4.64. The van der Waals surface area contributed by atoms with Crippen molar-refractivity contribution in [3.63, 3.8) is 0 Å². The van der Waals surface area contributed by atoms with Crippen molar-refractivity contribution in [2.75, 3.05) is 19.6 Å². The van der Waals surface area contributed by atoms with Gasteiger partial charge in [-0.15, -0.1) is 0 Å². The first kappa shape index (κ1) is 22.4. The summed E-state index contributed by atoms with van der Waals surface area (Å²) in [6.07, 6.45) is 1.84. The molecule has 1 aliphatic heterocycles. The van der Waals surface area contributed by atoms with E-state index in [4.69, 9.17) is 4.52 Å². The molecule has 8 nitrogen and oxygen atoms in total. The van der Waals surface area contributed by atoms with Crippen molar-refractivity contribution in [2.45, 2.75) is 56.3 Å². The van der Waals surface area contributed by atoms with Crippen LogP contribution < -0.4 is 5.32 Å². The van der Waals surface area contributed by atoms with Crippen LogP contribution >= 0.6 is 0 Å². The molecule has 164 valence electrons. The van der Waals surface area contributed by atoms with Crippen LogP contribution in [0, 0.1) is 5.82 Å². The Morgan fingerprint density at radius 1 is 1.27 bits per heavy atom. The standard InChI is InChI=1S/C20H27FN4O4S/c1-14(2)19-23-20(29-24-19)15-5-4-11-25(12-9-18(26)22-10-8-15)30(27,28)17-7-3-6-16(21)13-17/h3,6-7,13-15H,4-5,8-12H2,1-2H3,(H,22,26). The number of amides is 1. The number of sulfonamides is 1. The topological polar surface area (TPSA) is 105 Å². The Bertz CT molecular complexity index is 977. The van der Waals surface area contributed by atoms with Crippen LogP contribution in [0.25, 0.3) is 0 Å². The smallest absolute Gasteiger partial charge is 0.243 e. The van der Waals surface area contributed by atoms with Gasteiger partial charge in [0.15, 0.2) is 5.82 Å². The number of carbonyl (C=O) groups excluding carboxylic acids is 1. The first-order chi connectivity index (χ1) is 14.3. The summed E-state index contributed by atoms with van der Waals surface area (Å²) in [5, 5.41) is 6.83. The molecule has 2 aromatic rings. The number of aromatic nitrogens is 2. The molecule has 0 spiro atoms. The maximum absolute atomic E-state index is 13.6. The Morgan fingerprint density at radius 3 is 2.77 bits per heavy atom. The molecular formula is C20H27FN4O4S. The van der Waals surface area contributed by atoms with Crippen LogP contribution in [0.2, 0.25) is 0 Å². The molecule has 0 aliphatic carbocycles. The monoisotopic (exact) mass is 438 g/mol. The zero-order chi connectivity index (χ0) is 21.7. The first-order valence-corrected chi connectivity index (χ1v) is 11.6. The van der Waals surface area contributed by atoms with Gasteiger partial charge in [0.25, 0.3) is 0 Å². The minimum Gasteiger partial charge on any atom is -0.356 e. The van der Waals surface area contributed by atoms with Crippen molar-refractivity contribution < 1.29 is 22.1 Å². The number of nitrogens with zero attached hydrogens (tertiary/aromatic N) is 3. The Kier molecular flexibility index (Phi) is 7.19. The summed E-state index contributed by atoms with van der Waals surface area (Å²) in [6, 6.07) is 4.91. The Labute approximate surface area is 175 Å². The van der Waals surface area contributed by atoms with Crippen molar-refractivity contribution >= 4 is 15.9 Å². The minimum atomic E-state index is -3.91. The molecule has 3 rings (SSSR count). The van der Waals surface area contributed by atoms with Gasteiger partial charge in [0.2, 0.25) is 21.8 Å². The van der Waals surface area contributed by atoms with Crippen molar-refractivity contribution in [2.24, 2.45) is 0 Å². The molecule has 0 radical (unpaired) electrons. The lowest BCUT2D eigenvalue weighted by molar-refractivity contribution is -0.121. The van der Waals surface area contributed by atoms with Gasteiger partial charge in [-0.25, -0.2) is 12.8 Å². The van der Waals surface area contributed by atoms with E-state index in [0.717, 1.165) is 6.07 Å². The summed E-state index contributed by atoms with van der Waals surface area (Å²) in [5.41, 5.74) is 0. The highest BCUT2D eigenvalue weighted by molar-refractivity contribution is 7.89. The summed E-state index contributed by atoms with van der Waals surface area (Å²) in [7, 11) is -3.91. The average molecular weight is 439 g/mol. The molecule has 1 aliphatic rings. The first-order valence-electron chi connectivity index (χ1n) is 10.1. The zero-order valence-corrected chi connectivity index (χ0v) is 18.0. The minimum absolute atomic E-state index is 0.0351. The fourth-order valence-corrected chi connectivity index (χ4v) is 4.89. The third-order valence-electron chi connectivity index (χ3n) is 5.12. The third-order valence-corrected chi connectivity index (χ3v) is 7.01. The number of hydrogen-bond acceptors (Lipinski definition) is 6. The van der Waals surface area contributed by atoms with Gasteiger partial charge in [0, 0.05) is 37.9 Å². The normalized spacial score (nSPS) is 20.0. The number of carbonyl (C=O) groups is 1. The lowest BCUT2D eigenvalue weighted by Gasteiger charge is -2.22. The maximum Gasteiger partial charge on any atom is 0.243 e. The molecule has 0 saturated carbocycles. The van der Waals surface area contributed by atoms with E-state index in [2.05, 4.69) is 15.5 Å². The number of hydrogen-bond donors (Lipinski definition) is 1. The number of benzene rings is 1. The van der Waals surface area contributed by atoms with E-state index in [1.807, 2.05) is 13.8 Å². The van der Waals surface area contributed by atoms with Crippen molar-refractivity contribution in [3.05, 3.63) is 41.8 Å². The SMILES string of the molecule is CC(C)c1noc(C2CCCN(S(=O)(=O)c3cccc(F)c3)CCC(=O)NCC2)n1. The lowest BCUT2D eigenvalue weighted by atomic mass is 9.99. The summed E-state index contributed by atoms with van der Waals surface area (Å²) in [5.74, 6) is 0.331. The van der Waals surface area contributed by atoms with Crippen molar-refractivity contribution in [1.29, 1.82) is 0 Å². The van der Waals surface area contributed by atoms with Crippen LogP contribution in [0.1, 0.15) is 63.1 Å². The summed E-state index contributed by atoms with van der Waals surface area (Å²) in [4.78, 5) is 16.5. The predicted octanol–water partition coefficient (Wildman–Crippen LogP) is 2.80. The molecule has 10 heteroatoms. The average Bonchev–Trinajstić information content (AvgIpc) is 3.17. The van der Waals surface area contributed by atoms with Crippen molar-refractivity contribution in [1.82, 2.24) is 19.8 Å². The largest absolute Gasteiger partial charge is 0.356 e. The second-order valence-electron chi connectivity index (χ2n) is 7.73. The molecule has 1 fully saturated rings. The molecule has 1 atom stereocenters. The van der Waals surface area contributed by atoms with Crippen LogP contribution in [0.3, 0.4) is 0 Å². The van der Waals surface area contributed by atoms with Gasteiger partial charge in [0.1, 0.15) is 5.82 Å². The second-order valence-corrected chi connectivity index (χ2v) is 9.67. The van der Waals surface area contributed by atoms with E-state index < -0.39 is 15.8 Å². The van der Waals surface area contributed by atoms with Crippen LogP contribution in [0.15, 0.2) is 33.7 Å². The zero-order valence-electron chi connectivity index (χ0n) is 17.2. The molecule has 1 amide bonds. The molecule has 1 aromatic carbocycles. The fraction of sp³-hybridized carbons (Fsp3) is 0.550. The molecule has 1 N–H and O–H groups in total. The Balaban J connectivity index is 1.79. The van der Waals surface area contributed by atoms with E-state index >= 15 is 0 Å². The van der Waals surface area contributed by atoms with Crippen LogP contribution in [-0.2, 0) is 14.8 Å². The van der Waals surface area contributed by atoms with E-state index in [-0.39, 0.29) is 42.1 Å². The molecule has 1 aromatic heterocycles. The highest BCUT2D eigenvalue weighted by Crippen LogP contribution is 2.26. The lowest BCUT2D eigenvalue weighted by Crippen LogP contribution is -2.35. The van der Waals surface area contributed by atoms with E-state index in [1.165, 1.54) is 22.5 Å². The second kappa shape index (κ2) is 9.65. The summed E-state index contributed by atoms with van der Waals surface area (Å²) >= 11 is 0. The quantitative estimate of drug-likeness (QED) is 0.787. The third kappa shape index (κ3) is 5.42. The highest BCUT2D eigenvalue weighted by atomic mass is 32.2. The van der Waals surface area contributed by atoms with Gasteiger partial charge in [-0.1, -0.05) is 25.1 Å². The van der Waals surface area contributed by atoms with Gasteiger partial charge < -0.3 is 9.84 Å². The predicted molar refractivity (Wildman–Crippen MR) is 108 cm³/mol. The van der Waals surface area contributed by atoms with Gasteiger partial charge in [-0.05, 0) is 37.5 Å². The van der Waals surface area contributed by atoms with Gasteiger partial charge >= 0.3 is 0 Å². The van der Waals surface area contributed by atoms with Crippen LogP contribution in [0.5, 0.6) is 0 Å². The molecule has 2 heterocycles. The van der Waals surface area contributed by atoms with Crippen LogP contribution in [-0.4, -0.2) is 48.4 Å². The molecular weight excluding hydrogens is 411 g/mol. The van der Waals surface area contributed by atoms with E-state index in [9.17, 15) is 17.6 Å². The van der Waals surface area contributed by atoms with Gasteiger partial charge in [0.05, 0.1) is 4.90 Å².